The molecule has 0 bridgehead atoms. The maximum absolute atomic E-state index is 9.00. The van der Waals surface area contributed by atoms with Crippen LogP contribution >= 0.6 is 0 Å². The van der Waals surface area contributed by atoms with Gasteiger partial charge in [-0.2, -0.15) is 10.4 Å². The van der Waals surface area contributed by atoms with Crippen LogP contribution in [0.3, 0.4) is 0 Å². The highest BCUT2D eigenvalue weighted by Gasteiger charge is 2.09. The van der Waals surface area contributed by atoms with Gasteiger partial charge < -0.3 is 5.32 Å². The van der Waals surface area contributed by atoms with E-state index in [1.165, 1.54) is 0 Å². The van der Waals surface area contributed by atoms with Gasteiger partial charge in [-0.15, -0.1) is 10.2 Å². The van der Waals surface area contributed by atoms with Crippen molar-refractivity contribution in [3.05, 3.63) is 65.0 Å². The first-order chi connectivity index (χ1) is 11.6. The van der Waals surface area contributed by atoms with E-state index in [1.54, 1.807) is 10.7 Å². The summed E-state index contributed by atoms with van der Waals surface area (Å²) < 4.78 is 1.77. The molecule has 0 saturated heterocycles. The summed E-state index contributed by atoms with van der Waals surface area (Å²) in [5.74, 6) is 1.36. The third-order valence-electron chi connectivity index (χ3n) is 3.76. The summed E-state index contributed by atoms with van der Waals surface area (Å²) in [6, 6.07) is 15.5. The highest BCUT2D eigenvalue weighted by atomic mass is 15.4. The second-order valence-corrected chi connectivity index (χ2v) is 5.72. The summed E-state index contributed by atoms with van der Waals surface area (Å²) in [5.41, 5.74) is 3.64. The number of anilines is 1. The summed E-state index contributed by atoms with van der Waals surface area (Å²) in [5, 5.41) is 25.2. The summed E-state index contributed by atoms with van der Waals surface area (Å²) in [7, 11) is 0. The standard InChI is InChI=1S/C18H18N6/c1-12-9-13(2)24(23-12)18-8-7-17(21-22-18)20-14(3)16-6-4-5-15(10-16)11-19/h4-10,14H,1-3H3,(H,20,21). The van der Waals surface area contributed by atoms with Crippen molar-refractivity contribution >= 4 is 5.82 Å². The Morgan fingerprint density at radius 3 is 2.58 bits per heavy atom. The number of nitrogens with one attached hydrogen (secondary N) is 1. The van der Waals surface area contributed by atoms with E-state index in [0.717, 1.165) is 17.0 Å². The quantitative estimate of drug-likeness (QED) is 0.798. The lowest BCUT2D eigenvalue weighted by Gasteiger charge is -2.15. The fourth-order valence-corrected chi connectivity index (χ4v) is 2.56. The van der Waals surface area contributed by atoms with Crippen LogP contribution < -0.4 is 5.32 Å². The average Bonchev–Trinajstić information content (AvgIpc) is 2.94. The van der Waals surface area contributed by atoms with Crippen LogP contribution in [0.25, 0.3) is 5.82 Å². The Morgan fingerprint density at radius 1 is 1.12 bits per heavy atom. The molecule has 2 aromatic heterocycles. The van der Waals surface area contributed by atoms with Gasteiger partial charge in [-0.1, -0.05) is 12.1 Å². The van der Waals surface area contributed by atoms with Crippen LogP contribution in [0.5, 0.6) is 0 Å². The molecular formula is C18H18N6. The minimum atomic E-state index is 0.0205. The number of aromatic nitrogens is 4. The Labute approximate surface area is 140 Å². The average molecular weight is 318 g/mol. The number of rotatable bonds is 4. The largest absolute Gasteiger partial charge is 0.362 e. The summed E-state index contributed by atoms with van der Waals surface area (Å²) in [6.45, 7) is 5.95. The molecule has 2 heterocycles. The van der Waals surface area contributed by atoms with Crippen molar-refractivity contribution in [1.82, 2.24) is 20.0 Å². The van der Waals surface area contributed by atoms with Gasteiger partial charge in [0.1, 0.15) is 5.82 Å². The summed E-state index contributed by atoms with van der Waals surface area (Å²) in [6.07, 6.45) is 0. The van der Waals surface area contributed by atoms with Crippen LogP contribution in [0.15, 0.2) is 42.5 Å². The molecule has 0 aliphatic rings. The number of hydrogen-bond donors (Lipinski definition) is 1. The molecule has 0 saturated carbocycles. The monoisotopic (exact) mass is 318 g/mol. The lowest BCUT2D eigenvalue weighted by atomic mass is 10.1. The number of nitriles is 1. The summed E-state index contributed by atoms with van der Waals surface area (Å²) in [4.78, 5) is 0. The van der Waals surface area contributed by atoms with Crippen molar-refractivity contribution in [1.29, 1.82) is 5.26 Å². The second-order valence-electron chi connectivity index (χ2n) is 5.72. The third-order valence-corrected chi connectivity index (χ3v) is 3.76. The van der Waals surface area contributed by atoms with Crippen molar-refractivity contribution in [3.8, 4) is 11.9 Å². The van der Waals surface area contributed by atoms with Crippen LogP contribution in [-0.2, 0) is 0 Å². The molecule has 0 aliphatic carbocycles. The molecule has 6 nitrogen and oxygen atoms in total. The van der Waals surface area contributed by atoms with Crippen molar-refractivity contribution < 1.29 is 0 Å². The van der Waals surface area contributed by atoms with Gasteiger partial charge in [-0.05, 0) is 56.7 Å². The molecule has 24 heavy (non-hydrogen) atoms. The molecule has 1 unspecified atom stereocenters. The molecule has 1 atom stereocenters. The first-order valence-electron chi connectivity index (χ1n) is 7.71. The minimum absolute atomic E-state index is 0.0205. The predicted molar refractivity (Wildman–Crippen MR) is 91.8 cm³/mol. The molecular weight excluding hydrogens is 300 g/mol. The summed E-state index contributed by atoms with van der Waals surface area (Å²) >= 11 is 0. The fourth-order valence-electron chi connectivity index (χ4n) is 2.56. The van der Waals surface area contributed by atoms with E-state index in [1.807, 2.05) is 57.2 Å². The molecule has 1 aromatic carbocycles. The van der Waals surface area contributed by atoms with Gasteiger partial charge in [0.2, 0.25) is 0 Å². The number of aryl methyl sites for hydroxylation is 2. The van der Waals surface area contributed by atoms with Gasteiger partial charge in [0, 0.05) is 5.69 Å². The first kappa shape index (κ1) is 15.7. The Kier molecular flexibility index (Phi) is 4.25. The lowest BCUT2D eigenvalue weighted by Crippen LogP contribution is -2.10. The van der Waals surface area contributed by atoms with Crippen LogP contribution in [0.1, 0.15) is 35.5 Å². The molecule has 120 valence electrons. The molecule has 3 aromatic rings. The van der Waals surface area contributed by atoms with E-state index >= 15 is 0 Å². The maximum atomic E-state index is 9.00. The normalized spacial score (nSPS) is 11.8. The Morgan fingerprint density at radius 2 is 1.96 bits per heavy atom. The third kappa shape index (κ3) is 3.25. The Bertz CT molecular complexity index is 889. The second kappa shape index (κ2) is 6.50. The fraction of sp³-hybridized carbons (Fsp3) is 0.222. The van der Waals surface area contributed by atoms with Gasteiger partial charge in [-0.25, -0.2) is 4.68 Å². The van der Waals surface area contributed by atoms with Gasteiger partial charge in [-0.3, -0.25) is 0 Å². The maximum Gasteiger partial charge on any atom is 0.176 e. The number of hydrogen-bond acceptors (Lipinski definition) is 5. The van der Waals surface area contributed by atoms with E-state index in [2.05, 4.69) is 26.7 Å². The van der Waals surface area contributed by atoms with E-state index < -0.39 is 0 Å². The van der Waals surface area contributed by atoms with E-state index in [0.29, 0.717) is 17.2 Å². The lowest BCUT2D eigenvalue weighted by molar-refractivity contribution is 0.777. The van der Waals surface area contributed by atoms with Crippen LogP contribution in [0, 0.1) is 25.2 Å². The molecule has 0 radical (unpaired) electrons. The Hall–Kier alpha value is -3.20. The van der Waals surface area contributed by atoms with Crippen molar-refractivity contribution in [3.63, 3.8) is 0 Å². The zero-order valence-corrected chi connectivity index (χ0v) is 13.9. The van der Waals surface area contributed by atoms with E-state index in [9.17, 15) is 0 Å². The molecule has 1 N–H and O–H groups in total. The van der Waals surface area contributed by atoms with Gasteiger partial charge in [0.15, 0.2) is 5.82 Å². The van der Waals surface area contributed by atoms with Gasteiger partial charge in [0.25, 0.3) is 0 Å². The van der Waals surface area contributed by atoms with Crippen molar-refractivity contribution in [2.45, 2.75) is 26.8 Å². The van der Waals surface area contributed by atoms with E-state index in [-0.39, 0.29) is 6.04 Å². The topological polar surface area (TPSA) is 79.4 Å². The van der Waals surface area contributed by atoms with Crippen LogP contribution in [0.4, 0.5) is 5.82 Å². The van der Waals surface area contributed by atoms with Gasteiger partial charge in [0.05, 0.1) is 23.4 Å². The highest BCUT2D eigenvalue weighted by Crippen LogP contribution is 2.19. The molecule has 0 amide bonds. The smallest absolute Gasteiger partial charge is 0.176 e. The zero-order chi connectivity index (χ0) is 17.1. The molecule has 0 fully saturated rings. The molecule has 0 aliphatic heterocycles. The number of benzene rings is 1. The number of nitrogens with zero attached hydrogens (tertiary/aromatic N) is 5. The van der Waals surface area contributed by atoms with Crippen molar-refractivity contribution in [2.75, 3.05) is 5.32 Å². The van der Waals surface area contributed by atoms with Crippen LogP contribution in [-0.4, -0.2) is 20.0 Å². The molecule has 3 rings (SSSR count). The molecule has 0 spiro atoms. The zero-order valence-electron chi connectivity index (χ0n) is 13.9. The minimum Gasteiger partial charge on any atom is -0.362 e. The van der Waals surface area contributed by atoms with Gasteiger partial charge >= 0.3 is 0 Å². The van der Waals surface area contributed by atoms with Crippen LogP contribution in [0.2, 0.25) is 0 Å². The predicted octanol–water partition coefficient (Wildman–Crippen LogP) is 3.32. The Balaban J connectivity index is 1.76. The van der Waals surface area contributed by atoms with E-state index in [4.69, 9.17) is 5.26 Å². The highest BCUT2D eigenvalue weighted by molar-refractivity contribution is 5.41. The molecule has 6 heteroatoms. The first-order valence-corrected chi connectivity index (χ1v) is 7.71. The van der Waals surface area contributed by atoms with Crippen molar-refractivity contribution in [2.24, 2.45) is 0 Å². The SMILES string of the molecule is Cc1cc(C)n(-c2ccc(NC(C)c3cccc(C#N)c3)nn2)n1.